The molecular weight excluding hydrogens is 258 g/mol. The first-order chi connectivity index (χ1) is 10.0. The Morgan fingerprint density at radius 2 is 1.38 bits per heavy atom. The third-order valence-corrected chi connectivity index (χ3v) is 3.87. The average molecular weight is 281 g/mol. The van der Waals surface area contributed by atoms with Crippen LogP contribution in [0.4, 0.5) is 0 Å². The molecule has 0 aliphatic carbocycles. The standard InChI is InChI=1S/C19H23NO/c1-4-19(2,3)20-18(21)17(15-11-7-5-8-12-15)16-13-9-6-10-14-16/h5-14,17H,4H2,1-3H3,(H,20,21). The highest BCUT2D eigenvalue weighted by Gasteiger charge is 2.27. The molecule has 2 aromatic rings. The van der Waals surface area contributed by atoms with E-state index in [9.17, 15) is 4.79 Å². The minimum absolute atomic E-state index is 0.0549. The Hall–Kier alpha value is -2.09. The Kier molecular flexibility index (Phi) is 4.79. The molecule has 0 atom stereocenters. The van der Waals surface area contributed by atoms with Gasteiger partial charge in [0.25, 0.3) is 0 Å². The fraction of sp³-hybridized carbons (Fsp3) is 0.316. The highest BCUT2D eigenvalue weighted by molar-refractivity contribution is 5.87. The van der Waals surface area contributed by atoms with Gasteiger partial charge in [-0.1, -0.05) is 67.6 Å². The van der Waals surface area contributed by atoms with Crippen LogP contribution in [0.5, 0.6) is 0 Å². The van der Waals surface area contributed by atoms with Gasteiger partial charge in [0.15, 0.2) is 0 Å². The predicted octanol–water partition coefficient (Wildman–Crippen LogP) is 4.12. The maximum absolute atomic E-state index is 12.8. The third kappa shape index (κ3) is 3.94. The minimum atomic E-state index is -0.266. The van der Waals surface area contributed by atoms with Gasteiger partial charge in [-0.2, -0.15) is 0 Å². The lowest BCUT2D eigenvalue weighted by Crippen LogP contribution is -2.45. The lowest BCUT2D eigenvalue weighted by molar-refractivity contribution is -0.123. The maximum atomic E-state index is 12.8. The molecule has 0 spiro atoms. The summed E-state index contributed by atoms with van der Waals surface area (Å²) in [6.45, 7) is 6.19. The predicted molar refractivity (Wildman–Crippen MR) is 87.2 cm³/mol. The molecule has 2 rings (SSSR count). The molecule has 1 N–H and O–H groups in total. The SMILES string of the molecule is CCC(C)(C)NC(=O)C(c1ccccc1)c1ccccc1. The van der Waals surface area contributed by atoms with Crippen molar-refractivity contribution in [2.45, 2.75) is 38.6 Å². The van der Waals surface area contributed by atoms with Gasteiger partial charge in [-0.25, -0.2) is 0 Å². The molecule has 2 aromatic carbocycles. The topological polar surface area (TPSA) is 29.1 Å². The van der Waals surface area contributed by atoms with Crippen molar-refractivity contribution < 1.29 is 4.79 Å². The molecule has 0 aromatic heterocycles. The summed E-state index contributed by atoms with van der Waals surface area (Å²) in [5, 5.41) is 3.16. The van der Waals surface area contributed by atoms with Gasteiger partial charge in [-0.3, -0.25) is 4.79 Å². The second kappa shape index (κ2) is 6.57. The lowest BCUT2D eigenvalue weighted by atomic mass is 9.89. The van der Waals surface area contributed by atoms with Crippen molar-refractivity contribution in [3.63, 3.8) is 0 Å². The normalized spacial score (nSPS) is 11.4. The van der Waals surface area contributed by atoms with Crippen molar-refractivity contribution in [2.75, 3.05) is 0 Å². The minimum Gasteiger partial charge on any atom is -0.350 e. The molecule has 0 bridgehead atoms. The summed E-state index contributed by atoms with van der Waals surface area (Å²) < 4.78 is 0. The fourth-order valence-electron chi connectivity index (χ4n) is 2.28. The van der Waals surface area contributed by atoms with Crippen molar-refractivity contribution in [3.05, 3.63) is 71.8 Å². The summed E-state index contributed by atoms with van der Waals surface area (Å²) in [6, 6.07) is 19.9. The number of carbonyl (C=O) groups is 1. The monoisotopic (exact) mass is 281 g/mol. The van der Waals surface area contributed by atoms with Gasteiger partial charge >= 0.3 is 0 Å². The first-order valence-electron chi connectivity index (χ1n) is 7.45. The molecular formula is C19H23NO. The van der Waals surface area contributed by atoms with Crippen LogP contribution >= 0.6 is 0 Å². The molecule has 2 heteroatoms. The molecule has 0 heterocycles. The number of rotatable bonds is 5. The zero-order valence-corrected chi connectivity index (χ0v) is 13.0. The smallest absolute Gasteiger partial charge is 0.232 e. The van der Waals surface area contributed by atoms with E-state index in [-0.39, 0.29) is 17.4 Å². The summed E-state index contributed by atoms with van der Waals surface area (Å²) in [4.78, 5) is 12.8. The van der Waals surface area contributed by atoms with Crippen molar-refractivity contribution in [2.24, 2.45) is 0 Å². The van der Waals surface area contributed by atoms with Crippen molar-refractivity contribution >= 4 is 5.91 Å². The van der Waals surface area contributed by atoms with E-state index in [1.807, 2.05) is 60.7 Å². The van der Waals surface area contributed by atoms with Gasteiger partial charge in [0.1, 0.15) is 0 Å². The van der Waals surface area contributed by atoms with Crippen molar-refractivity contribution in [1.29, 1.82) is 0 Å². The molecule has 1 amide bonds. The van der Waals surface area contributed by atoms with Gasteiger partial charge in [-0.15, -0.1) is 0 Å². The molecule has 0 saturated carbocycles. The molecule has 0 aliphatic rings. The molecule has 2 nitrogen and oxygen atoms in total. The molecule has 0 fully saturated rings. The quantitative estimate of drug-likeness (QED) is 0.877. The largest absolute Gasteiger partial charge is 0.350 e. The van der Waals surface area contributed by atoms with E-state index in [0.717, 1.165) is 17.5 Å². The van der Waals surface area contributed by atoms with E-state index in [0.29, 0.717) is 0 Å². The van der Waals surface area contributed by atoms with Crippen molar-refractivity contribution in [1.82, 2.24) is 5.32 Å². The Bertz CT molecular complexity index is 536. The maximum Gasteiger partial charge on any atom is 0.232 e. The van der Waals surface area contributed by atoms with E-state index in [1.165, 1.54) is 0 Å². The Balaban J connectivity index is 2.36. The Morgan fingerprint density at radius 3 is 1.76 bits per heavy atom. The van der Waals surface area contributed by atoms with Crippen LogP contribution in [0.1, 0.15) is 44.2 Å². The highest BCUT2D eigenvalue weighted by atomic mass is 16.2. The summed E-state index contributed by atoms with van der Waals surface area (Å²) in [5.41, 5.74) is 1.85. The summed E-state index contributed by atoms with van der Waals surface area (Å²) in [5.74, 6) is -0.211. The van der Waals surface area contributed by atoms with E-state index < -0.39 is 0 Å². The van der Waals surface area contributed by atoms with Crippen LogP contribution in [0.15, 0.2) is 60.7 Å². The third-order valence-electron chi connectivity index (χ3n) is 3.87. The van der Waals surface area contributed by atoms with Crippen LogP contribution in [0.2, 0.25) is 0 Å². The van der Waals surface area contributed by atoms with Crippen LogP contribution in [-0.4, -0.2) is 11.4 Å². The van der Waals surface area contributed by atoms with Crippen LogP contribution in [-0.2, 0) is 4.79 Å². The van der Waals surface area contributed by atoms with E-state index in [1.54, 1.807) is 0 Å². The molecule has 110 valence electrons. The summed E-state index contributed by atoms with van der Waals surface area (Å²) in [6.07, 6.45) is 0.898. The lowest BCUT2D eigenvalue weighted by Gasteiger charge is -2.28. The van der Waals surface area contributed by atoms with Gasteiger partial charge in [0, 0.05) is 5.54 Å². The van der Waals surface area contributed by atoms with E-state index >= 15 is 0 Å². The van der Waals surface area contributed by atoms with Crippen LogP contribution in [0.3, 0.4) is 0 Å². The summed E-state index contributed by atoms with van der Waals surface area (Å²) in [7, 11) is 0. The second-order valence-electron chi connectivity index (χ2n) is 5.98. The number of hydrogen-bond acceptors (Lipinski definition) is 1. The van der Waals surface area contributed by atoms with Gasteiger partial charge < -0.3 is 5.32 Å². The Morgan fingerprint density at radius 1 is 0.952 bits per heavy atom. The van der Waals surface area contributed by atoms with E-state index in [4.69, 9.17) is 0 Å². The van der Waals surface area contributed by atoms with Crippen LogP contribution in [0, 0.1) is 0 Å². The number of benzene rings is 2. The molecule has 21 heavy (non-hydrogen) atoms. The first-order valence-corrected chi connectivity index (χ1v) is 7.45. The number of amides is 1. The number of carbonyl (C=O) groups excluding carboxylic acids is 1. The zero-order chi connectivity index (χ0) is 15.3. The highest BCUT2D eigenvalue weighted by Crippen LogP contribution is 2.25. The van der Waals surface area contributed by atoms with Crippen LogP contribution in [0.25, 0.3) is 0 Å². The van der Waals surface area contributed by atoms with Gasteiger partial charge in [-0.05, 0) is 31.4 Å². The van der Waals surface area contributed by atoms with Gasteiger partial charge in [0.05, 0.1) is 5.92 Å². The zero-order valence-electron chi connectivity index (χ0n) is 13.0. The summed E-state index contributed by atoms with van der Waals surface area (Å²) >= 11 is 0. The number of hydrogen-bond donors (Lipinski definition) is 1. The number of nitrogens with one attached hydrogen (secondary N) is 1. The Labute approximate surface area is 127 Å². The van der Waals surface area contributed by atoms with E-state index in [2.05, 4.69) is 26.1 Å². The first kappa shape index (κ1) is 15.3. The average Bonchev–Trinajstić information content (AvgIpc) is 2.49. The van der Waals surface area contributed by atoms with Crippen LogP contribution < -0.4 is 5.32 Å². The van der Waals surface area contributed by atoms with Crippen molar-refractivity contribution in [3.8, 4) is 0 Å². The fourth-order valence-corrected chi connectivity index (χ4v) is 2.28. The van der Waals surface area contributed by atoms with Gasteiger partial charge in [0.2, 0.25) is 5.91 Å². The molecule has 0 saturated heterocycles. The molecule has 0 unspecified atom stereocenters. The molecule has 0 radical (unpaired) electrons. The second-order valence-corrected chi connectivity index (χ2v) is 5.98. The molecule has 0 aliphatic heterocycles.